The fourth-order valence-electron chi connectivity index (χ4n) is 3.05. The van der Waals surface area contributed by atoms with Crippen molar-refractivity contribution in [2.45, 2.75) is 25.2 Å². The molecular formula is C21H23N3O4. The van der Waals surface area contributed by atoms with Crippen LogP contribution in [-0.2, 0) is 4.79 Å². The van der Waals surface area contributed by atoms with Crippen LogP contribution < -0.4 is 10.2 Å². The zero-order chi connectivity index (χ0) is 20.3. The van der Waals surface area contributed by atoms with Crippen molar-refractivity contribution < 1.29 is 20.1 Å². The van der Waals surface area contributed by atoms with Crippen LogP contribution in [0.4, 0.5) is 5.69 Å². The van der Waals surface area contributed by atoms with Crippen LogP contribution in [0.25, 0.3) is 16.8 Å². The van der Waals surface area contributed by atoms with Crippen molar-refractivity contribution in [3.8, 4) is 6.07 Å². The molecule has 0 saturated carbocycles. The highest BCUT2D eigenvalue weighted by Gasteiger charge is 2.30. The third kappa shape index (κ3) is 4.31. The van der Waals surface area contributed by atoms with Crippen LogP contribution in [0.1, 0.15) is 12.5 Å². The average Bonchev–Trinajstić information content (AvgIpc) is 3.44. The van der Waals surface area contributed by atoms with Gasteiger partial charge in [0.1, 0.15) is 17.7 Å². The van der Waals surface area contributed by atoms with Crippen molar-refractivity contribution in [2.24, 2.45) is 0 Å². The molecule has 1 heterocycles. The molecule has 1 aliphatic rings. The Hall–Kier alpha value is -2.92. The topological polar surface area (TPSA) is 117 Å². The van der Waals surface area contributed by atoms with E-state index in [4.69, 9.17) is 5.11 Å². The molecule has 2 aromatic carbocycles. The summed E-state index contributed by atoms with van der Waals surface area (Å²) in [5.74, 6) is -0.653. The van der Waals surface area contributed by atoms with E-state index in [1.807, 2.05) is 36.4 Å². The summed E-state index contributed by atoms with van der Waals surface area (Å²) < 4.78 is 0. The lowest BCUT2D eigenvalue weighted by Gasteiger charge is -2.15. The molecule has 2 aromatic rings. The maximum atomic E-state index is 12.2. The maximum Gasteiger partial charge on any atom is 0.262 e. The van der Waals surface area contributed by atoms with Gasteiger partial charge in [-0.3, -0.25) is 4.79 Å². The number of fused-ring (bicyclic) bond motifs is 1. The number of carbonyl (C=O) groups excluding carboxylic acids is 1. The molecule has 1 saturated heterocycles. The maximum absolute atomic E-state index is 12.2. The number of aliphatic hydroxyl groups is 3. The minimum absolute atomic E-state index is 0.109. The fraction of sp³-hybridized carbons (Fsp3) is 0.333. The Morgan fingerprint density at radius 1 is 1.36 bits per heavy atom. The van der Waals surface area contributed by atoms with E-state index in [0.717, 1.165) is 28.6 Å². The standard InChI is InChI=1S/C21H23N3O4/c1-13-11-24(13)18-4-2-3-15-6-5-14(8-17(15)18)7-16(9-22)21(28)23-10-19(26)20(27)12-25/h2-8,13,19-20,25-27H,10-12H2,1H3,(H,23,28)/b16-7+. The van der Waals surface area contributed by atoms with Gasteiger partial charge in [0.2, 0.25) is 0 Å². The van der Waals surface area contributed by atoms with Gasteiger partial charge in [0.15, 0.2) is 0 Å². The summed E-state index contributed by atoms with van der Waals surface area (Å²) in [7, 11) is 0. The molecule has 0 bridgehead atoms. The highest BCUT2D eigenvalue weighted by Crippen LogP contribution is 2.34. The lowest BCUT2D eigenvalue weighted by molar-refractivity contribution is -0.118. The second-order valence-electron chi connectivity index (χ2n) is 6.96. The van der Waals surface area contributed by atoms with Crippen LogP contribution in [0.2, 0.25) is 0 Å². The summed E-state index contributed by atoms with van der Waals surface area (Å²) in [6.45, 7) is 2.28. The van der Waals surface area contributed by atoms with Crippen LogP contribution in [0.5, 0.6) is 0 Å². The van der Waals surface area contributed by atoms with Crippen molar-refractivity contribution in [1.82, 2.24) is 5.32 Å². The molecule has 7 nitrogen and oxygen atoms in total. The summed E-state index contributed by atoms with van der Waals surface area (Å²) in [6.07, 6.45) is -1.17. The first-order valence-corrected chi connectivity index (χ1v) is 9.11. The van der Waals surface area contributed by atoms with E-state index in [0.29, 0.717) is 6.04 Å². The Kier molecular flexibility index (Phi) is 5.95. The van der Waals surface area contributed by atoms with Crippen molar-refractivity contribution in [3.05, 3.63) is 47.5 Å². The molecule has 3 unspecified atom stereocenters. The van der Waals surface area contributed by atoms with Crippen LogP contribution in [0, 0.1) is 11.3 Å². The number of amides is 1. The summed E-state index contributed by atoms with van der Waals surface area (Å²) >= 11 is 0. The molecule has 146 valence electrons. The van der Waals surface area contributed by atoms with Crippen molar-refractivity contribution in [1.29, 1.82) is 5.26 Å². The minimum Gasteiger partial charge on any atom is -0.394 e. The summed E-state index contributed by atoms with van der Waals surface area (Å²) in [4.78, 5) is 14.5. The van der Waals surface area contributed by atoms with Crippen LogP contribution in [-0.4, -0.2) is 59.2 Å². The van der Waals surface area contributed by atoms with E-state index in [1.54, 1.807) is 0 Å². The number of aliphatic hydroxyl groups excluding tert-OH is 3. The van der Waals surface area contributed by atoms with E-state index in [1.165, 1.54) is 6.08 Å². The van der Waals surface area contributed by atoms with Crippen LogP contribution in [0.15, 0.2) is 42.0 Å². The zero-order valence-corrected chi connectivity index (χ0v) is 15.5. The van der Waals surface area contributed by atoms with Crippen molar-refractivity contribution >= 4 is 28.4 Å². The van der Waals surface area contributed by atoms with Crippen molar-refractivity contribution in [3.63, 3.8) is 0 Å². The number of nitrogens with one attached hydrogen (secondary N) is 1. The minimum atomic E-state index is -1.35. The number of hydrogen-bond acceptors (Lipinski definition) is 6. The van der Waals surface area contributed by atoms with Gasteiger partial charge in [0, 0.05) is 30.2 Å². The monoisotopic (exact) mass is 381 g/mol. The zero-order valence-electron chi connectivity index (χ0n) is 15.5. The number of hydrogen-bond donors (Lipinski definition) is 4. The van der Waals surface area contributed by atoms with Crippen molar-refractivity contribution in [2.75, 3.05) is 24.6 Å². The molecule has 1 fully saturated rings. The predicted octanol–water partition coefficient (Wildman–Crippen LogP) is 0.786. The number of benzene rings is 2. The Balaban J connectivity index is 1.81. The lowest BCUT2D eigenvalue weighted by atomic mass is 10.0. The van der Waals surface area contributed by atoms with Gasteiger partial charge in [-0.2, -0.15) is 5.26 Å². The van der Waals surface area contributed by atoms with Gasteiger partial charge in [0.05, 0.1) is 12.7 Å². The van der Waals surface area contributed by atoms with E-state index in [9.17, 15) is 20.3 Å². The Bertz CT molecular complexity index is 950. The average molecular weight is 381 g/mol. The van der Waals surface area contributed by atoms with Gasteiger partial charge in [-0.15, -0.1) is 0 Å². The number of rotatable bonds is 7. The molecule has 7 heteroatoms. The molecule has 1 aliphatic heterocycles. The number of anilines is 1. The first-order valence-electron chi connectivity index (χ1n) is 9.11. The van der Waals surface area contributed by atoms with Gasteiger partial charge in [0.25, 0.3) is 5.91 Å². The van der Waals surface area contributed by atoms with E-state index >= 15 is 0 Å². The van der Waals surface area contributed by atoms with Gasteiger partial charge in [-0.05, 0) is 36.1 Å². The molecule has 28 heavy (non-hydrogen) atoms. The van der Waals surface area contributed by atoms with Gasteiger partial charge < -0.3 is 25.5 Å². The molecule has 4 N–H and O–H groups in total. The number of carbonyl (C=O) groups is 1. The largest absolute Gasteiger partial charge is 0.394 e. The SMILES string of the molecule is CC1CN1c1cccc2ccc(/C=C(\C#N)C(=O)NCC(O)C(O)CO)cc12. The van der Waals surface area contributed by atoms with Gasteiger partial charge in [-0.1, -0.05) is 24.3 Å². The van der Waals surface area contributed by atoms with E-state index in [-0.39, 0.29) is 12.1 Å². The lowest BCUT2D eigenvalue weighted by Crippen LogP contribution is -2.40. The molecule has 0 spiro atoms. The first kappa shape index (κ1) is 19.8. The molecule has 0 radical (unpaired) electrons. The molecule has 0 aliphatic carbocycles. The molecule has 1 amide bonds. The Morgan fingerprint density at radius 3 is 2.75 bits per heavy atom. The first-order chi connectivity index (χ1) is 13.4. The summed E-state index contributed by atoms with van der Waals surface area (Å²) in [5.41, 5.74) is 1.74. The third-order valence-corrected chi connectivity index (χ3v) is 4.83. The Morgan fingerprint density at radius 2 is 2.11 bits per heavy atom. The second-order valence-corrected chi connectivity index (χ2v) is 6.96. The molecule has 3 rings (SSSR count). The molecule has 3 atom stereocenters. The highest BCUT2D eigenvalue weighted by molar-refractivity contribution is 6.03. The van der Waals surface area contributed by atoms with Gasteiger partial charge >= 0.3 is 0 Å². The Labute approximate surface area is 163 Å². The molecular weight excluding hydrogens is 358 g/mol. The predicted molar refractivity (Wildman–Crippen MR) is 106 cm³/mol. The van der Waals surface area contributed by atoms with E-state index in [2.05, 4.69) is 23.2 Å². The normalized spacial score (nSPS) is 18.5. The summed E-state index contributed by atoms with van der Waals surface area (Å²) in [6, 6.07) is 14.2. The quantitative estimate of drug-likeness (QED) is 0.320. The van der Waals surface area contributed by atoms with E-state index < -0.39 is 24.7 Å². The second kappa shape index (κ2) is 8.40. The molecule has 0 aromatic heterocycles. The highest BCUT2D eigenvalue weighted by atomic mass is 16.4. The smallest absolute Gasteiger partial charge is 0.262 e. The third-order valence-electron chi connectivity index (χ3n) is 4.83. The van der Waals surface area contributed by atoms with Crippen LogP contribution in [0.3, 0.4) is 0 Å². The fourth-order valence-corrected chi connectivity index (χ4v) is 3.05. The number of nitriles is 1. The van der Waals surface area contributed by atoms with Crippen LogP contribution >= 0.6 is 0 Å². The van der Waals surface area contributed by atoms with Gasteiger partial charge in [-0.25, -0.2) is 0 Å². The number of nitrogens with zero attached hydrogens (tertiary/aromatic N) is 2. The summed E-state index contributed by atoms with van der Waals surface area (Å²) in [5, 5.41) is 41.6.